The molecule has 2 rings (SSSR count). The fourth-order valence-electron chi connectivity index (χ4n) is 1.81. The van der Waals surface area contributed by atoms with Gasteiger partial charge in [0.2, 0.25) is 0 Å². The largest absolute Gasteiger partial charge is 0.381 e. The monoisotopic (exact) mass is 271 g/mol. The van der Waals surface area contributed by atoms with Gasteiger partial charge < -0.3 is 9.64 Å². The number of anilines is 1. The lowest BCUT2D eigenvalue weighted by atomic mass is 10.1. The van der Waals surface area contributed by atoms with E-state index in [9.17, 15) is 0 Å². The molecule has 82 valence electrons. The van der Waals surface area contributed by atoms with Crippen molar-refractivity contribution in [2.24, 2.45) is 0 Å². The second-order valence-corrected chi connectivity index (χ2v) is 4.50. The Morgan fingerprint density at radius 2 is 2.20 bits per heavy atom. The number of ether oxygens (including phenoxy) is 1. The van der Waals surface area contributed by atoms with Crippen LogP contribution in [0.4, 0.5) is 5.82 Å². The zero-order valence-corrected chi connectivity index (χ0v) is 10.3. The fourth-order valence-corrected chi connectivity index (χ4v) is 2.31. The van der Waals surface area contributed by atoms with Crippen LogP contribution in [0.2, 0.25) is 0 Å². The van der Waals surface area contributed by atoms with Gasteiger partial charge in [0.05, 0.1) is 4.47 Å². The van der Waals surface area contributed by atoms with Crippen molar-refractivity contribution in [3.63, 3.8) is 0 Å². The normalized spacial score (nSPS) is 17.7. The summed E-state index contributed by atoms with van der Waals surface area (Å²) in [7, 11) is 2.07. The van der Waals surface area contributed by atoms with Crippen LogP contribution >= 0.6 is 15.9 Å². The predicted molar refractivity (Wildman–Crippen MR) is 62.0 cm³/mol. The van der Waals surface area contributed by atoms with Gasteiger partial charge in [-0.05, 0) is 28.8 Å². The number of hydrogen-bond acceptors (Lipinski definition) is 4. The highest BCUT2D eigenvalue weighted by Crippen LogP contribution is 2.25. The van der Waals surface area contributed by atoms with Gasteiger partial charge in [0.15, 0.2) is 0 Å². The lowest BCUT2D eigenvalue weighted by Crippen LogP contribution is -2.37. The summed E-state index contributed by atoms with van der Waals surface area (Å²) in [4.78, 5) is 10.4. The van der Waals surface area contributed by atoms with Gasteiger partial charge in [-0.3, -0.25) is 0 Å². The lowest BCUT2D eigenvalue weighted by Gasteiger charge is -2.32. The molecule has 0 aliphatic carbocycles. The van der Waals surface area contributed by atoms with E-state index in [0.29, 0.717) is 6.04 Å². The third-order valence-electron chi connectivity index (χ3n) is 2.72. The van der Waals surface area contributed by atoms with Crippen molar-refractivity contribution in [3.05, 3.63) is 17.0 Å². The van der Waals surface area contributed by atoms with Crippen LogP contribution in [0, 0.1) is 0 Å². The second kappa shape index (κ2) is 4.90. The third-order valence-corrected chi connectivity index (χ3v) is 3.28. The fraction of sp³-hybridized carbons (Fsp3) is 0.600. The molecule has 0 aromatic carbocycles. The molecule has 5 heteroatoms. The van der Waals surface area contributed by atoms with Crippen molar-refractivity contribution in [3.8, 4) is 0 Å². The highest BCUT2D eigenvalue weighted by molar-refractivity contribution is 9.10. The van der Waals surface area contributed by atoms with Gasteiger partial charge in [-0.2, -0.15) is 0 Å². The standard InChI is InChI=1S/C10H14BrN3O/c1-14(8-2-4-15-5-3-8)10-9(11)6-12-7-13-10/h6-8H,2-5H2,1H3. The van der Waals surface area contributed by atoms with E-state index < -0.39 is 0 Å². The van der Waals surface area contributed by atoms with Crippen molar-refractivity contribution in [1.29, 1.82) is 0 Å². The van der Waals surface area contributed by atoms with E-state index in [2.05, 4.69) is 37.8 Å². The van der Waals surface area contributed by atoms with Gasteiger partial charge in [0, 0.05) is 32.5 Å². The Balaban J connectivity index is 2.12. The van der Waals surface area contributed by atoms with Crippen molar-refractivity contribution in [2.75, 3.05) is 25.2 Å². The molecule has 1 aromatic heterocycles. The van der Waals surface area contributed by atoms with Crippen LogP contribution in [0.1, 0.15) is 12.8 Å². The smallest absolute Gasteiger partial charge is 0.146 e. The quantitative estimate of drug-likeness (QED) is 0.823. The predicted octanol–water partition coefficient (Wildman–Crippen LogP) is 1.85. The van der Waals surface area contributed by atoms with Gasteiger partial charge in [-0.1, -0.05) is 0 Å². The van der Waals surface area contributed by atoms with Gasteiger partial charge in [0.25, 0.3) is 0 Å². The zero-order valence-electron chi connectivity index (χ0n) is 8.69. The van der Waals surface area contributed by atoms with Gasteiger partial charge in [-0.15, -0.1) is 0 Å². The molecule has 1 aliphatic rings. The first-order valence-corrected chi connectivity index (χ1v) is 5.84. The molecule has 4 nitrogen and oxygen atoms in total. The maximum Gasteiger partial charge on any atom is 0.146 e. The van der Waals surface area contributed by atoms with Crippen LogP contribution in [-0.2, 0) is 4.74 Å². The van der Waals surface area contributed by atoms with Crippen LogP contribution in [0.15, 0.2) is 17.0 Å². The first-order chi connectivity index (χ1) is 7.29. The first kappa shape index (κ1) is 10.8. The Morgan fingerprint density at radius 1 is 1.47 bits per heavy atom. The number of halogens is 1. The average Bonchev–Trinajstić information content (AvgIpc) is 2.30. The molecule has 1 aromatic rings. The molecular weight excluding hydrogens is 258 g/mol. The molecule has 0 spiro atoms. The van der Waals surface area contributed by atoms with Crippen molar-refractivity contribution in [2.45, 2.75) is 18.9 Å². The molecule has 1 saturated heterocycles. The number of rotatable bonds is 2. The molecule has 0 bridgehead atoms. The Hall–Kier alpha value is -0.680. The third kappa shape index (κ3) is 2.46. The Kier molecular flexibility index (Phi) is 3.53. The van der Waals surface area contributed by atoms with E-state index in [0.717, 1.165) is 36.3 Å². The van der Waals surface area contributed by atoms with E-state index in [4.69, 9.17) is 4.74 Å². The molecular formula is C10H14BrN3O. The van der Waals surface area contributed by atoms with Crippen LogP contribution in [0.5, 0.6) is 0 Å². The van der Waals surface area contributed by atoms with E-state index in [-0.39, 0.29) is 0 Å². The Bertz CT molecular complexity index is 328. The van der Waals surface area contributed by atoms with Gasteiger partial charge in [-0.25, -0.2) is 9.97 Å². The molecule has 0 amide bonds. The van der Waals surface area contributed by atoms with Crippen molar-refractivity contribution in [1.82, 2.24) is 9.97 Å². The van der Waals surface area contributed by atoms with Gasteiger partial charge >= 0.3 is 0 Å². The lowest BCUT2D eigenvalue weighted by molar-refractivity contribution is 0.0853. The second-order valence-electron chi connectivity index (χ2n) is 3.65. The minimum atomic E-state index is 0.518. The van der Waals surface area contributed by atoms with Crippen molar-refractivity contribution < 1.29 is 4.74 Å². The summed E-state index contributed by atoms with van der Waals surface area (Å²) in [5, 5.41) is 0. The number of hydrogen-bond donors (Lipinski definition) is 0. The summed E-state index contributed by atoms with van der Waals surface area (Å²) in [6, 6.07) is 0.518. The summed E-state index contributed by atoms with van der Waals surface area (Å²) in [5.41, 5.74) is 0. The molecule has 0 atom stereocenters. The number of nitrogens with zero attached hydrogens (tertiary/aromatic N) is 3. The molecule has 0 N–H and O–H groups in total. The summed E-state index contributed by atoms with van der Waals surface area (Å²) < 4.78 is 6.29. The van der Waals surface area contributed by atoms with E-state index in [1.807, 2.05) is 0 Å². The van der Waals surface area contributed by atoms with Crippen molar-refractivity contribution >= 4 is 21.7 Å². The molecule has 0 radical (unpaired) electrons. The van der Waals surface area contributed by atoms with Crippen LogP contribution < -0.4 is 4.90 Å². The van der Waals surface area contributed by atoms with Crippen LogP contribution in [-0.4, -0.2) is 36.3 Å². The topological polar surface area (TPSA) is 38.2 Å². The molecule has 1 fully saturated rings. The summed E-state index contributed by atoms with van der Waals surface area (Å²) >= 11 is 3.47. The SMILES string of the molecule is CN(c1ncncc1Br)C1CCOCC1. The first-order valence-electron chi connectivity index (χ1n) is 5.05. The molecule has 1 aliphatic heterocycles. The Morgan fingerprint density at radius 3 is 2.87 bits per heavy atom. The molecule has 2 heterocycles. The highest BCUT2D eigenvalue weighted by Gasteiger charge is 2.20. The minimum Gasteiger partial charge on any atom is -0.381 e. The Labute approximate surface area is 97.8 Å². The summed E-state index contributed by atoms with van der Waals surface area (Å²) in [5.74, 6) is 0.955. The highest BCUT2D eigenvalue weighted by atomic mass is 79.9. The summed E-state index contributed by atoms with van der Waals surface area (Å²) in [6.45, 7) is 1.69. The molecule has 0 unspecified atom stereocenters. The maximum atomic E-state index is 5.34. The molecule has 0 saturated carbocycles. The number of aromatic nitrogens is 2. The van der Waals surface area contributed by atoms with E-state index >= 15 is 0 Å². The van der Waals surface area contributed by atoms with Crippen LogP contribution in [0.3, 0.4) is 0 Å². The van der Waals surface area contributed by atoms with Crippen LogP contribution in [0.25, 0.3) is 0 Å². The van der Waals surface area contributed by atoms with E-state index in [1.165, 1.54) is 0 Å². The summed E-state index contributed by atoms with van der Waals surface area (Å²) in [6.07, 6.45) is 5.48. The molecule has 15 heavy (non-hydrogen) atoms. The van der Waals surface area contributed by atoms with Gasteiger partial charge in [0.1, 0.15) is 12.1 Å². The zero-order chi connectivity index (χ0) is 10.7. The van der Waals surface area contributed by atoms with E-state index in [1.54, 1.807) is 12.5 Å². The minimum absolute atomic E-state index is 0.518. The average molecular weight is 272 g/mol. The maximum absolute atomic E-state index is 5.34.